The lowest BCUT2D eigenvalue weighted by Gasteiger charge is -2.29. The van der Waals surface area contributed by atoms with E-state index in [9.17, 15) is 8.42 Å². The molecule has 1 aliphatic rings. The van der Waals surface area contributed by atoms with Gasteiger partial charge >= 0.3 is 0 Å². The van der Waals surface area contributed by atoms with Crippen LogP contribution in [0.15, 0.2) is 21.6 Å². The second-order valence-corrected chi connectivity index (χ2v) is 6.86. The van der Waals surface area contributed by atoms with Gasteiger partial charge in [0.25, 0.3) is 10.0 Å². The summed E-state index contributed by atoms with van der Waals surface area (Å²) in [7, 11) is -1.89. The summed E-state index contributed by atoms with van der Waals surface area (Å²) < 4.78 is 31.4. The predicted molar refractivity (Wildman–Crippen MR) is 70.1 cm³/mol. The molecule has 0 aliphatic heterocycles. The summed E-state index contributed by atoms with van der Waals surface area (Å²) in [6.45, 7) is 0. The fourth-order valence-corrected chi connectivity index (χ4v) is 3.83. The topological polar surface area (TPSA) is 50.5 Å². The quantitative estimate of drug-likeness (QED) is 0.801. The largest absolute Gasteiger partial charge is 0.447 e. The molecule has 1 heterocycles. The van der Waals surface area contributed by atoms with Gasteiger partial charge in [0.05, 0.1) is 5.88 Å². The fraction of sp³-hybridized carbons (Fsp3) is 0.667. The maximum atomic E-state index is 12.3. The lowest BCUT2D eigenvalue weighted by atomic mass is 9.96. The molecule has 1 fully saturated rings. The van der Waals surface area contributed by atoms with Crippen molar-refractivity contribution in [2.45, 2.75) is 49.1 Å². The van der Waals surface area contributed by atoms with Crippen LogP contribution in [-0.2, 0) is 15.9 Å². The van der Waals surface area contributed by atoms with Crippen molar-refractivity contribution in [3.8, 4) is 0 Å². The van der Waals surface area contributed by atoms with E-state index >= 15 is 0 Å². The van der Waals surface area contributed by atoms with E-state index in [0.717, 1.165) is 25.7 Å². The van der Waals surface area contributed by atoms with Gasteiger partial charge in [-0.25, -0.2) is 8.42 Å². The molecule has 0 bridgehead atoms. The van der Waals surface area contributed by atoms with E-state index in [1.54, 1.807) is 13.1 Å². The molecule has 0 unspecified atom stereocenters. The van der Waals surface area contributed by atoms with Gasteiger partial charge < -0.3 is 4.42 Å². The molecule has 0 N–H and O–H groups in total. The lowest BCUT2D eigenvalue weighted by molar-refractivity contribution is 0.278. The first-order valence-electron chi connectivity index (χ1n) is 6.18. The zero-order valence-corrected chi connectivity index (χ0v) is 12.0. The molecule has 0 spiro atoms. The maximum absolute atomic E-state index is 12.3. The minimum Gasteiger partial charge on any atom is -0.447 e. The molecule has 1 saturated carbocycles. The molecule has 0 amide bonds. The third-order valence-electron chi connectivity index (χ3n) is 3.49. The Morgan fingerprint density at radius 3 is 2.56 bits per heavy atom. The SMILES string of the molecule is CN(C1CCCCC1)S(=O)(=O)c1ccc(CCl)o1. The van der Waals surface area contributed by atoms with Crippen molar-refractivity contribution in [3.63, 3.8) is 0 Å². The highest BCUT2D eigenvalue weighted by Gasteiger charge is 2.31. The molecule has 0 aromatic carbocycles. The number of sulfonamides is 1. The monoisotopic (exact) mass is 291 g/mol. The molecule has 1 aromatic rings. The van der Waals surface area contributed by atoms with Gasteiger partial charge in [-0.3, -0.25) is 0 Å². The van der Waals surface area contributed by atoms with E-state index in [2.05, 4.69) is 0 Å². The molecule has 1 aliphatic carbocycles. The van der Waals surface area contributed by atoms with Gasteiger partial charge in [-0.2, -0.15) is 4.31 Å². The lowest BCUT2D eigenvalue weighted by Crippen LogP contribution is -2.38. The highest BCUT2D eigenvalue weighted by molar-refractivity contribution is 7.89. The second kappa shape index (κ2) is 5.63. The van der Waals surface area contributed by atoms with E-state index in [0.29, 0.717) is 5.76 Å². The van der Waals surface area contributed by atoms with E-state index in [-0.39, 0.29) is 17.0 Å². The summed E-state index contributed by atoms with van der Waals surface area (Å²) in [5.74, 6) is 0.662. The molecule has 102 valence electrons. The van der Waals surface area contributed by atoms with Crippen LogP contribution in [0.5, 0.6) is 0 Å². The van der Waals surface area contributed by atoms with Crippen molar-refractivity contribution in [2.24, 2.45) is 0 Å². The van der Waals surface area contributed by atoms with Crippen LogP contribution >= 0.6 is 11.6 Å². The first-order valence-corrected chi connectivity index (χ1v) is 8.16. The van der Waals surface area contributed by atoms with Gasteiger partial charge in [-0.15, -0.1) is 11.6 Å². The summed E-state index contributed by atoms with van der Waals surface area (Å²) in [5.41, 5.74) is 0. The van der Waals surface area contributed by atoms with E-state index in [1.165, 1.54) is 16.8 Å². The highest BCUT2D eigenvalue weighted by Crippen LogP contribution is 2.27. The first kappa shape index (κ1) is 13.9. The van der Waals surface area contributed by atoms with Crippen molar-refractivity contribution >= 4 is 21.6 Å². The predicted octanol–water partition coefficient (Wildman–Crippen LogP) is 2.97. The molecule has 4 nitrogen and oxygen atoms in total. The maximum Gasteiger partial charge on any atom is 0.276 e. The van der Waals surface area contributed by atoms with Gasteiger partial charge in [-0.1, -0.05) is 19.3 Å². The summed E-state index contributed by atoms with van der Waals surface area (Å²) in [6.07, 6.45) is 5.24. The van der Waals surface area contributed by atoms with Crippen molar-refractivity contribution < 1.29 is 12.8 Å². The van der Waals surface area contributed by atoms with Crippen LogP contribution < -0.4 is 0 Å². The Balaban J connectivity index is 2.18. The van der Waals surface area contributed by atoms with Crippen LogP contribution in [0, 0.1) is 0 Å². The van der Waals surface area contributed by atoms with Crippen molar-refractivity contribution in [1.82, 2.24) is 4.31 Å². The van der Waals surface area contributed by atoms with Crippen molar-refractivity contribution in [3.05, 3.63) is 17.9 Å². The van der Waals surface area contributed by atoms with Crippen LogP contribution in [-0.4, -0.2) is 25.8 Å². The van der Waals surface area contributed by atoms with Crippen LogP contribution in [0.25, 0.3) is 0 Å². The van der Waals surface area contributed by atoms with E-state index in [4.69, 9.17) is 16.0 Å². The van der Waals surface area contributed by atoms with Crippen molar-refractivity contribution in [2.75, 3.05) is 7.05 Å². The van der Waals surface area contributed by atoms with E-state index in [1.807, 2.05) is 0 Å². The summed E-state index contributed by atoms with van der Waals surface area (Å²) in [6, 6.07) is 3.18. The third-order valence-corrected chi connectivity index (χ3v) is 5.54. The molecule has 6 heteroatoms. The number of hydrogen-bond donors (Lipinski definition) is 0. The fourth-order valence-electron chi connectivity index (χ4n) is 2.35. The highest BCUT2D eigenvalue weighted by atomic mass is 35.5. The Labute approximate surface area is 113 Å². The molecule has 18 heavy (non-hydrogen) atoms. The molecule has 0 saturated heterocycles. The second-order valence-electron chi connectivity index (χ2n) is 4.67. The van der Waals surface area contributed by atoms with Crippen molar-refractivity contribution in [1.29, 1.82) is 0 Å². The van der Waals surface area contributed by atoms with Gasteiger partial charge in [0.1, 0.15) is 5.76 Å². The minimum absolute atomic E-state index is 0.00813. The van der Waals surface area contributed by atoms with Crippen LogP contribution in [0.4, 0.5) is 0 Å². The molecular formula is C12H18ClNO3S. The van der Waals surface area contributed by atoms with Gasteiger partial charge in [0.2, 0.25) is 5.09 Å². The Morgan fingerprint density at radius 2 is 2.00 bits per heavy atom. The molecule has 0 atom stereocenters. The zero-order chi connectivity index (χ0) is 13.2. The Kier molecular flexibility index (Phi) is 4.35. The Bertz CT molecular complexity index is 491. The third kappa shape index (κ3) is 2.73. The molecule has 2 rings (SSSR count). The Morgan fingerprint density at radius 1 is 1.33 bits per heavy atom. The zero-order valence-electron chi connectivity index (χ0n) is 10.4. The average molecular weight is 292 g/mol. The van der Waals surface area contributed by atoms with E-state index < -0.39 is 10.0 Å². The molecule has 1 aromatic heterocycles. The number of rotatable bonds is 4. The first-order chi connectivity index (χ1) is 8.55. The standard InChI is InChI=1S/C12H18ClNO3S/c1-14(10-5-3-2-4-6-10)18(15,16)12-8-7-11(9-13)17-12/h7-8,10H,2-6,9H2,1H3. The number of halogens is 1. The minimum atomic E-state index is -3.52. The number of nitrogens with zero attached hydrogens (tertiary/aromatic N) is 1. The number of alkyl halides is 1. The molecular weight excluding hydrogens is 274 g/mol. The summed E-state index contributed by atoms with van der Waals surface area (Å²) >= 11 is 5.62. The summed E-state index contributed by atoms with van der Waals surface area (Å²) in [5, 5.41) is -0.00813. The number of furan rings is 1. The molecule has 0 radical (unpaired) electrons. The van der Waals surface area contributed by atoms with Gasteiger partial charge in [0, 0.05) is 13.1 Å². The average Bonchev–Trinajstić information content (AvgIpc) is 2.88. The summed E-state index contributed by atoms with van der Waals surface area (Å²) in [4.78, 5) is 0. The normalized spacial score (nSPS) is 18.4. The van der Waals surface area contributed by atoms with Crippen LogP contribution in [0.1, 0.15) is 37.9 Å². The number of hydrogen-bond acceptors (Lipinski definition) is 3. The Hall–Kier alpha value is -0.520. The smallest absolute Gasteiger partial charge is 0.276 e. The van der Waals surface area contributed by atoms with Gasteiger partial charge in [-0.05, 0) is 25.0 Å². The van der Waals surface area contributed by atoms with Gasteiger partial charge in [0.15, 0.2) is 0 Å². The van der Waals surface area contributed by atoms with Crippen LogP contribution in [0.3, 0.4) is 0 Å². The van der Waals surface area contributed by atoms with Crippen LogP contribution in [0.2, 0.25) is 0 Å².